The highest BCUT2D eigenvalue weighted by Gasteiger charge is 2.06. The van der Waals surface area contributed by atoms with E-state index in [-0.39, 0.29) is 6.04 Å². The summed E-state index contributed by atoms with van der Waals surface area (Å²) in [7, 11) is 0. The zero-order chi connectivity index (χ0) is 19.5. The van der Waals surface area contributed by atoms with E-state index in [0.29, 0.717) is 12.2 Å². The van der Waals surface area contributed by atoms with Crippen molar-refractivity contribution in [1.29, 1.82) is 0 Å². The summed E-state index contributed by atoms with van der Waals surface area (Å²) in [6.45, 7) is 1.99. The third-order valence-corrected chi connectivity index (χ3v) is 3.51. The molecule has 0 aliphatic carbocycles. The van der Waals surface area contributed by atoms with E-state index >= 15 is 0 Å². The second-order valence-corrected chi connectivity index (χ2v) is 6.24. The molecule has 0 saturated heterocycles. The van der Waals surface area contributed by atoms with Gasteiger partial charge in [-0.1, -0.05) is 64.5 Å². The van der Waals surface area contributed by atoms with Crippen molar-refractivity contribution in [2.24, 2.45) is 5.73 Å². The van der Waals surface area contributed by atoms with Crippen molar-refractivity contribution < 1.29 is 19.8 Å². The maximum Gasteiger partial charge on any atom is 0.328 e. The number of carboxylic acid groups (broad SMARTS) is 2. The van der Waals surface area contributed by atoms with Crippen molar-refractivity contribution in [2.45, 2.75) is 13.0 Å². The van der Waals surface area contributed by atoms with Crippen molar-refractivity contribution in [2.75, 3.05) is 0 Å². The first-order valence-electron chi connectivity index (χ1n) is 7.72. The molecule has 0 heterocycles. The van der Waals surface area contributed by atoms with Crippen LogP contribution in [0.4, 0.5) is 0 Å². The van der Waals surface area contributed by atoms with Gasteiger partial charge in [0.2, 0.25) is 0 Å². The van der Waals surface area contributed by atoms with Crippen molar-refractivity contribution in [3.8, 4) is 0 Å². The van der Waals surface area contributed by atoms with Gasteiger partial charge in [0.05, 0.1) is 0 Å². The molecule has 0 radical (unpaired) electrons. The van der Waals surface area contributed by atoms with Crippen LogP contribution >= 0.6 is 15.9 Å². The minimum atomic E-state index is -1.26. The molecule has 0 fully saturated rings. The van der Waals surface area contributed by atoms with E-state index in [1.165, 1.54) is 16.7 Å². The predicted molar refractivity (Wildman–Crippen MR) is 106 cm³/mol. The molecule has 0 spiro atoms. The predicted octanol–water partition coefficient (Wildman–Crippen LogP) is 3.94. The topological polar surface area (TPSA) is 101 Å². The van der Waals surface area contributed by atoms with Gasteiger partial charge in [0.1, 0.15) is 0 Å². The van der Waals surface area contributed by atoms with E-state index in [0.717, 1.165) is 4.47 Å². The van der Waals surface area contributed by atoms with Crippen LogP contribution in [0.5, 0.6) is 0 Å². The molecule has 1 atom stereocenters. The largest absolute Gasteiger partial charge is 0.478 e. The van der Waals surface area contributed by atoms with Gasteiger partial charge in [0, 0.05) is 22.7 Å². The Hall–Kier alpha value is -2.70. The van der Waals surface area contributed by atoms with Crippen LogP contribution in [0.1, 0.15) is 18.1 Å². The molecule has 0 amide bonds. The minimum Gasteiger partial charge on any atom is -0.478 e. The number of nitrogens with two attached hydrogens (primary N) is 1. The molecule has 2 rings (SSSR count). The number of benzene rings is 2. The van der Waals surface area contributed by atoms with Gasteiger partial charge in [0.25, 0.3) is 0 Å². The molecular formula is C20H20BrNO4. The molecule has 2 aromatic rings. The monoisotopic (exact) mass is 417 g/mol. The van der Waals surface area contributed by atoms with Crippen LogP contribution in [0.25, 0.3) is 5.57 Å². The van der Waals surface area contributed by atoms with Crippen LogP contribution in [0.3, 0.4) is 0 Å². The lowest BCUT2D eigenvalue weighted by Gasteiger charge is -2.10. The summed E-state index contributed by atoms with van der Waals surface area (Å²) in [4.78, 5) is 19.1. The summed E-state index contributed by atoms with van der Waals surface area (Å²) in [6, 6.07) is 18.6. The fourth-order valence-corrected chi connectivity index (χ4v) is 2.44. The molecule has 26 heavy (non-hydrogen) atoms. The Balaban J connectivity index is 0.000000359. The Labute approximate surface area is 160 Å². The lowest BCUT2D eigenvalue weighted by atomic mass is 9.96. The van der Waals surface area contributed by atoms with Crippen LogP contribution in [0.2, 0.25) is 0 Å². The Kier molecular flexibility index (Phi) is 9.05. The molecule has 136 valence electrons. The van der Waals surface area contributed by atoms with Crippen molar-refractivity contribution >= 4 is 33.4 Å². The summed E-state index contributed by atoms with van der Waals surface area (Å²) in [6.07, 6.45) is 3.21. The van der Waals surface area contributed by atoms with Gasteiger partial charge < -0.3 is 15.9 Å². The number of carbonyl (C=O) groups is 2. The van der Waals surface area contributed by atoms with Gasteiger partial charge in [-0.3, -0.25) is 0 Å². The SMILES string of the molecule is CC(N)/C=C(/c1ccccc1)c1cccc(Br)c1.O=C(O)/C=C\C(=O)O. The molecule has 0 bridgehead atoms. The number of hydrogen-bond acceptors (Lipinski definition) is 3. The Morgan fingerprint density at radius 1 is 0.962 bits per heavy atom. The molecule has 0 aromatic heterocycles. The summed E-state index contributed by atoms with van der Waals surface area (Å²) in [5, 5.41) is 15.6. The Bertz CT molecular complexity index is 782. The fraction of sp³-hybridized carbons (Fsp3) is 0.100. The van der Waals surface area contributed by atoms with E-state index < -0.39 is 11.9 Å². The summed E-state index contributed by atoms with van der Waals surface area (Å²) >= 11 is 3.51. The lowest BCUT2D eigenvalue weighted by Crippen LogP contribution is -2.11. The number of rotatable bonds is 5. The Morgan fingerprint density at radius 3 is 1.96 bits per heavy atom. The number of halogens is 1. The van der Waals surface area contributed by atoms with E-state index in [2.05, 4.69) is 46.3 Å². The van der Waals surface area contributed by atoms with E-state index in [9.17, 15) is 9.59 Å². The molecule has 1 unspecified atom stereocenters. The van der Waals surface area contributed by atoms with Crippen LogP contribution in [-0.2, 0) is 9.59 Å². The highest BCUT2D eigenvalue weighted by atomic mass is 79.9. The van der Waals surface area contributed by atoms with Crippen LogP contribution in [0.15, 0.2) is 77.3 Å². The van der Waals surface area contributed by atoms with Crippen LogP contribution < -0.4 is 5.73 Å². The molecule has 0 aliphatic rings. The quantitative estimate of drug-likeness (QED) is 0.639. The smallest absolute Gasteiger partial charge is 0.328 e. The average molecular weight is 418 g/mol. The summed E-state index contributed by atoms with van der Waals surface area (Å²) in [5.41, 5.74) is 9.45. The first kappa shape index (κ1) is 21.3. The molecule has 5 nitrogen and oxygen atoms in total. The molecule has 6 heteroatoms. The highest BCUT2D eigenvalue weighted by molar-refractivity contribution is 9.10. The second-order valence-electron chi connectivity index (χ2n) is 5.33. The number of aliphatic carboxylic acids is 2. The standard InChI is InChI=1S/C16H16BrN.C4H4O4/c1-12(18)10-16(13-6-3-2-4-7-13)14-8-5-9-15(17)11-14;5-3(6)1-2-4(7)8/h2-12H,18H2,1H3;1-2H,(H,5,6)(H,7,8)/b16-10-;2-1-. The number of hydrogen-bond donors (Lipinski definition) is 3. The zero-order valence-electron chi connectivity index (χ0n) is 14.2. The molecule has 2 aromatic carbocycles. The fourth-order valence-electron chi connectivity index (χ4n) is 2.04. The first-order chi connectivity index (χ1) is 12.3. The van der Waals surface area contributed by atoms with Gasteiger partial charge in [0.15, 0.2) is 0 Å². The third kappa shape index (κ3) is 8.41. The van der Waals surface area contributed by atoms with E-state index in [1.54, 1.807) is 0 Å². The molecular weight excluding hydrogens is 398 g/mol. The first-order valence-corrected chi connectivity index (χ1v) is 8.51. The summed E-state index contributed by atoms with van der Waals surface area (Å²) < 4.78 is 1.08. The van der Waals surface area contributed by atoms with Crippen LogP contribution in [-0.4, -0.2) is 28.2 Å². The van der Waals surface area contributed by atoms with E-state index in [4.69, 9.17) is 15.9 Å². The van der Waals surface area contributed by atoms with Crippen LogP contribution in [0, 0.1) is 0 Å². The maximum absolute atomic E-state index is 9.55. The normalized spacial score (nSPS) is 12.2. The molecule has 0 saturated carbocycles. The van der Waals surface area contributed by atoms with Crippen molar-refractivity contribution in [3.05, 3.63) is 88.4 Å². The zero-order valence-corrected chi connectivity index (χ0v) is 15.8. The van der Waals surface area contributed by atoms with Gasteiger partial charge >= 0.3 is 11.9 Å². The average Bonchev–Trinajstić information content (AvgIpc) is 2.59. The maximum atomic E-state index is 9.55. The second kappa shape index (κ2) is 11.0. The van der Waals surface area contributed by atoms with Crippen molar-refractivity contribution in [3.63, 3.8) is 0 Å². The molecule has 4 N–H and O–H groups in total. The van der Waals surface area contributed by atoms with E-state index in [1.807, 2.05) is 37.3 Å². The lowest BCUT2D eigenvalue weighted by molar-refractivity contribution is -0.134. The highest BCUT2D eigenvalue weighted by Crippen LogP contribution is 2.25. The van der Waals surface area contributed by atoms with Gasteiger partial charge in [-0.2, -0.15) is 0 Å². The Morgan fingerprint density at radius 2 is 1.50 bits per heavy atom. The minimum absolute atomic E-state index is 0.0270. The van der Waals surface area contributed by atoms with Crippen molar-refractivity contribution in [1.82, 2.24) is 0 Å². The van der Waals surface area contributed by atoms with Gasteiger partial charge in [-0.05, 0) is 35.8 Å². The third-order valence-electron chi connectivity index (χ3n) is 3.02. The van der Waals surface area contributed by atoms with Gasteiger partial charge in [-0.15, -0.1) is 0 Å². The van der Waals surface area contributed by atoms with Gasteiger partial charge in [-0.25, -0.2) is 9.59 Å². The molecule has 0 aliphatic heterocycles. The summed E-state index contributed by atoms with van der Waals surface area (Å²) in [5.74, 6) is -2.51. The number of carboxylic acids is 2.